The number of likely N-dealkylation sites (tertiary alicyclic amines) is 1. The van der Waals surface area contributed by atoms with Gasteiger partial charge in [-0.05, 0) is 20.3 Å². The summed E-state index contributed by atoms with van der Waals surface area (Å²) < 4.78 is 2.01. The molecule has 0 aliphatic carbocycles. The van der Waals surface area contributed by atoms with Crippen LogP contribution in [0.1, 0.15) is 31.9 Å². The molecule has 0 saturated carbocycles. The third-order valence-electron chi connectivity index (χ3n) is 2.90. The van der Waals surface area contributed by atoms with Gasteiger partial charge in [0.1, 0.15) is 0 Å². The van der Waals surface area contributed by atoms with E-state index in [1.807, 2.05) is 10.9 Å². The molecule has 1 aliphatic heterocycles. The molecule has 1 unspecified atom stereocenters. The lowest BCUT2D eigenvalue weighted by Crippen LogP contribution is -2.26. The van der Waals surface area contributed by atoms with Crippen LogP contribution in [0, 0.1) is 0 Å². The summed E-state index contributed by atoms with van der Waals surface area (Å²) in [5.41, 5.74) is 7.16. The first-order valence-electron chi connectivity index (χ1n) is 5.66. The maximum atomic E-state index is 5.87. The molecule has 92 valence electrons. The number of hydrogen-bond acceptors (Lipinski definition) is 3. The molecule has 0 radical (unpaired) electrons. The highest BCUT2D eigenvalue weighted by molar-refractivity contribution is 5.85. The van der Waals surface area contributed by atoms with Gasteiger partial charge in [-0.25, -0.2) is 0 Å². The molecule has 16 heavy (non-hydrogen) atoms. The first kappa shape index (κ1) is 13.5. The van der Waals surface area contributed by atoms with Crippen LogP contribution in [0.5, 0.6) is 0 Å². The van der Waals surface area contributed by atoms with Crippen molar-refractivity contribution < 1.29 is 0 Å². The van der Waals surface area contributed by atoms with Crippen LogP contribution in [-0.2, 0) is 6.54 Å². The van der Waals surface area contributed by atoms with Gasteiger partial charge in [-0.15, -0.1) is 12.4 Å². The average Bonchev–Trinajstić information content (AvgIpc) is 2.76. The second-order valence-corrected chi connectivity index (χ2v) is 4.71. The Morgan fingerprint density at radius 1 is 1.56 bits per heavy atom. The van der Waals surface area contributed by atoms with Crippen molar-refractivity contribution in [3.63, 3.8) is 0 Å². The van der Waals surface area contributed by atoms with Gasteiger partial charge in [-0.1, -0.05) is 0 Å². The minimum atomic E-state index is 0. The van der Waals surface area contributed by atoms with Crippen molar-refractivity contribution in [3.05, 3.63) is 18.0 Å². The number of halogens is 1. The summed E-state index contributed by atoms with van der Waals surface area (Å²) in [7, 11) is 0. The van der Waals surface area contributed by atoms with Crippen LogP contribution in [-0.4, -0.2) is 33.8 Å². The standard InChI is InChI=1S/C11H20N4.ClH/c1-9(2)15-7-10(5-13-15)6-14-4-3-11(12)8-14;/h5,7,9,11H,3-4,6,8,12H2,1-2H3;1H. The van der Waals surface area contributed by atoms with Crippen molar-refractivity contribution in [2.45, 2.75) is 38.9 Å². The monoisotopic (exact) mass is 244 g/mol. The Bertz CT molecular complexity index is 324. The molecule has 0 spiro atoms. The predicted molar refractivity (Wildman–Crippen MR) is 67.7 cm³/mol. The van der Waals surface area contributed by atoms with Crippen LogP contribution >= 0.6 is 12.4 Å². The second kappa shape index (κ2) is 5.66. The maximum Gasteiger partial charge on any atom is 0.0534 e. The molecule has 1 aromatic rings. The Balaban J connectivity index is 0.00000128. The molecule has 4 nitrogen and oxygen atoms in total. The van der Waals surface area contributed by atoms with Crippen LogP contribution in [0.2, 0.25) is 0 Å². The van der Waals surface area contributed by atoms with E-state index in [4.69, 9.17) is 5.73 Å². The van der Waals surface area contributed by atoms with E-state index in [0.717, 1.165) is 26.1 Å². The molecule has 0 aromatic carbocycles. The minimum absolute atomic E-state index is 0. The van der Waals surface area contributed by atoms with E-state index in [-0.39, 0.29) is 12.4 Å². The van der Waals surface area contributed by atoms with Gasteiger partial charge in [0.15, 0.2) is 0 Å². The number of nitrogens with two attached hydrogens (primary N) is 1. The largest absolute Gasteiger partial charge is 0.326 e. The fourth-order valence-corrected chi connectivity index (χ4v) is 2.01. The summed E-state index contributed by atoms with van der Waals surface area (Å²) >= 11 is 0. The number of rotatable bonds is 3. The fraction of sp³-hybridized carbons (Fsp3) is 0.727. The van der Waals surface area contributed by atoms with Crippen molar-refractivity contribution in [2.75, 3.05) is 13.1 Å². The summed E-state index contributed by atoms with van der Waals surface area (Å²) in [6.45, 7) is 7.41. The predicted octanol–water partition coefficient (Wildman–Crippen LogP) is 1.42. The molecule has 1 fully saturated rings. The molecule has 1 saturated heterocycles. The number of aromatic nitrogens is 2. The Labute approximate surface area is 103 Å². The van der Waals surface area contributed by atoms with E-state index in [1.165, 1.54) is 5.56 Å². The van der Waals surface area contributed by atoms with E-state index >= 15 is 0 Å². The molecule has 2 N–H and O–H groups in total. The first-order chi connectivity index (χ1) is 7.15. The van der Waals surface area contributed by atoms with Crippen LogP contribution in [0.15, 0.2) is 12.4 Å². The van der Waals surface area contributed by atoms with Crippen molar-refractivity contribution in [3.8, 4) is 0 Å². The van der Waals surface area contributed by atoms with E-state index in [2.05, 4.69) is 30.0 Å². The molecular weight excluding hydrogens is 224 g/mol. The van der Waals surface area contributed by atoms with E-state index in [0.29, 0.717) is 12.1 Å². The lowest BCUT2D eigenvalue weighted by Gasteiger charge is -2.13. The Kier molecular flexibility index (Phi) is 4.77. The fourth-order valence-electron chi connectivity index (χ4n) is 2.01. The van der Waals surface area contributed by atoms with Crippen LogP contribution in [0.3, 0.4) is 0 Å². The molecule has 2 rings (SSSR count). The van der Waals surface area contributed by atoms with E-state index < -0.39 is 0 Å². The number of hydrogen-bond donors (Lipinski definition) is 1. The third kappa shape index (κ3) is 3.20. The maximum absolute atomic E-state index is 5.87. The van der Waals surface area contributed by atoms with Crippen LogP contribution < -0.4 is 5.73 Å². The van der Waals surface area contributed by atoms with Crippen LogP contribution in [0.4, 0.5) is 0 Å². The molecule has 1 aliphatic rings. The van der Waals surface area contributed by atoms with Gasteiger partial charge in [-0.2, -0.15) is 5.10 Å². The highest BCUT2D eigenvalue weighted by atomic mass is 35.5. The van der Waals surface area contributed by atoms with Crippen molar-refractivity contribution in [1.29, 1.82) is 0 Å². The minimum Gasteiger partial charge on any atom is -0.326 e. The summed E-state index contributed by atoms with van der Waals surface area (Å²) in [5, 5.41) is 4.34. The van der Waals surface area contributed by atoms with Gasteiger partial charge in [0.05, 0.1) is 6.20 Å². The van der Waals surface area contributed by atoms with Gasteiger partial charge in [-0.3, -0.25) is 9.58 Å². The summed E-state index contributed by atoms with van der Waals surface area (Å²) in [5.74, 6) is 0. The van der Waals surface area contributed by atoms with Gasteiger partial charge < -0.3 is 5.73 Å². The first-order valence-corrected chi connectivity index (χ1v) is 5.66. The third-order valence-corrected chi connectivity index (χ3v) is 2.90. The smallest absolute Gasteiger partial charge is 0.0534 e. The van der Waals surface area contributed by atoms with Crippen LogP contribution in [0.25, 0.3) is 0 Å². The highest BCUT2D eigenvalue weighted by Crippen LogP contribution is 2.12. The zero-order valence-electron chi connectivity index (χ0n) is 9.97. The average molecular weight is 245 g/mol. The Hall–Kier alpha value is -0.580. The normalized spacial score (nSPS) is 21.4. The molecule has 1 atom stereocenters. The topological polar surface area (TPSA) is 47.1 Å². The lowest BCUT2D eigenvalue weighted by atomic mass is 10.3. The molecule has 1 aromatic heterocycles. The van der Waals surface area contributed by atoms with Crippen molar-refractivity contribution in [2.24, 2.45) is 5.73 Å². The SMILES string of the molecule is CC(C)n1cc(CN2CCC(N)C2)cn1.Cl. The molecule has 2 heterocycles. The molecular formula is C11H21ClN4. The summed E-state index contributed by atoms with van der Waals surface area (Å²) in [4.78, 5) is 2.40. The van der Waals surface area contributed by atoms with Gasteiger partial charge in [0, 0.05) is 43.5 Å². The van der Waals surface area contributed by atoms with Gasteiger partial charge in [0.25, 0.3) is 0 Å². The zero-order valence-corrected chi connectivity index (χ0v) is 10.8. The Morgan fingerprint density at radius 2 is 2.31 bits per heavy atom. The molecule has 5 heteroatoms. The van der Waals surface area contributed by atoms with Crippen molar-refractivity contribution in [1.82, 2.24) is 14.7 Å². The number of nitrogens with zero attached hydrogens (tertiary/aromatic N) is 3. The van der Waals surface area contributed by atoms with Crippen molar-refractivity contribution >= 4 is 12.4 Å². The second-order valence-electron chi connectivity index (χ2n) is 4.71. The van der Waals surface area contributed by atoms with Gasteiger partial charge >= 0.3 is 0 Å². The highest BCUT2D eigenvalue weighted by Gasteiger charge is 2.19. The summed E-state index contributed by atoms with van der Waals surface area (Å²) in [6.07, 6.45) is 5.22. The molecule has 0 amide bonds. The zero-order chi connectivity index (χ0) is 10.8. The van der Waals surface area contributed by atoms with E-state index in [1.54, 1.807) is 0 Å². The van der Waals surface area contributed by atoms with E-state index in [9.17, 15) is 0 Å². The lowest BCUT2D eigenvalue weighted by molar-refractivity contribution is 0.326. The Morgan fingerprint density at radius 3 is 2.81 bits per heavy atom. The molecule has 0 bridgehead atoms. The summed E-state index contributed by atoms with van der Waals surface area (Å²) in [6, 6.07) is 0.810. The van der Waals surface area contributed by atoms with Gasteiger partial charge in [0.2, 0.25) is 0 Å². The quantitative estimate of drug-likeness (QED) is 0.875.